The van der Waals surface area contributed by atoms with Crippen LogP contribution in [-0.4, -0.2) is 27.8 Å². The molecular weight excluding hydrogens is 448 g/mol. The van der Waals surface area contributed by atoms with Gasteiger partial charge in [-0.1, -0.05) is 15.9 Å². The molecule has 0 aliphatic carbocycles. The molecule has 0 aliphatic heterocycles. The fourth-order valence-electron chi connectivity index (χ4n) is 2.66. The minimum atomic E-state index is -0.828. The number of nitrogens with one attached hydrogen (secondary N) is 2. The fraction of sp³-hybridized carbons (Fsp3) is 0.167. The van der Waals surface area contributed by atoms with Gasteiger partial charge in [-0.15, -0.1) is 0 Å². The van der Waals surface area contributed by atoms with Crippen LogP contribution in [0.1, 0.15) is 5.56 Å². The molecule has 10 nitrogen and oxygen atoms in total. The van der Waals surface area contributed by atoms with Crippen LogP contribution < -0.4 is 16.4 Å². The molecule has 29 heavy (non-hydrogen) atoms. The lowest BCUT2D eigenvalue weighted by atomic mass is 10.2. The number of nitrogens with zero attached hydrogens (tertiary/aromatic N) is 2. The van der Waals surface area contributed by atoms with Crippen LogP contribution in [-0.2, 0) is 16.1 Å². The van der Waals surface area contributed by atoms with Gasteiger partial charge >= 0.3 is 5.76 Å². The minimum absolute atomic E-state index is 0.000423. The second-order valence-electron chi connectivity index (χ2n) is 6.15. The van der Waals surface area contributed by atoms with Crippen LogP contribution in [0.15, 0.2) is 50.1 Å². The number of amides is 2. The minimum Gasteiger partial charge on any atom is -0.407 e. The SMILES string of the molecule is Cc1cc(Br)ccc1NC(=O)CNC(=O)Cn1c(=O)oc2cc([N+](=O)[O-])ccc21. The summed E-state index contributed by atoms with van der Waals surface area (Å²) in [5.41, 5.74) is 1.48. The first-order valence-electron chi connectivity index (χ1n) is 8.35. The molecular formula is C18H15BrN4O6. The Morgan fingerprint density at radius 3 is 2.66 bits per heavy atom. The zero-order chi connectivity index (χ0) is 21.1. The highest BCUT2D eigenvalue weighted by molar-refractivity contribution is 9.10. The molecule has 0 atom stereocenters. The van der Waals surface area contributed by atoms with Crippen LogP contribution >= 0.6 is 15.9 Å². The molecule has 1 aromatic heterocycles. The number of hydrogen-bond acceptors (Lipinski definition) is 6. The molecule has 11 heteroatoms. The highest BCUT2D eigenvalue weighted by Crippen LogP contribution is 2.20. The quantitative estimate of drug-likeness (QED) is 0.425. The first-order valence-corrected chi connectivity index (χ1v) is 9.14. The summed E-state index contributed by atoms with van der Waals surface area (Å²) in [6.45, 7) is 1.15. The Bertz CT molecular complexity index is 1180. The summed E-state index contributed by atoms with van der Waals surface area (Å²) < 4.78 is 6.87. The number of rotatable bonds is 6. The normalized spacial score (nSPS) is 10.7. The molecule has 2 aromatic carbocycles. The molecule has 0 bridgehead atoms. The van der Waals surface area contributed by atoms with E-state index in [1.807, 2.05) is 13.0 Å². The number of hydrogen-bond donors (Lipinski definition) is 2. The fourth-order valence-corrected chi connectivity index (χ4v) is 3.13. The van der Waals surface area contributed by atoms with E-state index in [0.29, 0.717) is 5.69 Å². The number of aryl methyl sites for hydroxylation is 1. The lowest BCUT2D eigenvalue weighted by Crippen LogP contribution is -2.36. The molecule has 0 radical (unpaired) electrons. The molecule has 150 valence electrons. The number of aromatic nitrogens is 1. The molecule has 3 aromatic rings. The van der Waals surface area contributed by atoms with Crippen molar-refractivity contribution in [3.63, 3.8) is 0 Å². The van der Waals surface area contributed by atoms with E-state index < -0.39 is 29.0 Å². The first-order chi connectivity index (χ1) is 13.7. The summed E-state index contributed by atoms with van der Waals surface area (Å²) in [4.78, 5) is 46.3. The molecule has 2 amide bonds. The maximum Gasteiger partial charge on any atom is 0.420 e. The average molecular weight is 463 g/mol. The molecule has 2 N–H and O–H groups in total. The summed E-state index contributed by atoms with van der Waals surface area (Å²) in [5, 5.41) is 15.9. The van der Waals surface area contributed by atoms with Crippen molar-refractivity contribution in [3.05, 3.63) is 67.1 Å². The topological polar surface area (TPSA) is 136 Å². The van der Waals surface area contributed by atoms with E-state index in [1.54, 1.807) is 12.1 Å². The number of halogens is 1. The Hall–Kier alpha value is -3.47. The monoisotopic (exact) mass is 462 g/mol. The number of anilines is 1. The number of benzene rings is 2. The van der Waals surface area contributed by atoms with E-state index >= 15 is 0 Å². The first kappa shape index (κ1) is 20.3. The predicted octanol–water partition coefficient (Wildman–Crippen LogP) is 2.33. The van der Waals surface area contributed by atoms with Gasteiger partial charge in [-0.05, 0) is 36.8 Å². The Kier molecular flexibility index (Phi) is 5.78. The second-order valence-corrected chi connectivity index (χ2v) is 7.06. The number of non-ortho nitro benzene ring substituents is 1. The van der Waals surface area contributed by atoms with Gasteiger partial charge in [0, 0.05) is 16.2 Å². The van der Waals surface area contributed by atoms with Crippen molar-refractivity contribution in [1.29, 1.82) is 0 Å². The summed E-state index contributed by atoms with van der Waals surface area (Å²) in [6, 6.07) is 9.00. The van der Waals surface area contributed by atoms with Gasteiger partial charge in [0.15, 0.2) is 5.58 Å². The molecule has 0 aliphatic rings. The van der Waals surface area contributed by atoms with Crippen LogP contribution in [0.2, 0.25) is 0 Å². The Morgan fingerprint density at radius 1 is 1.21 bits per heavy atom. The number of nitro groups is 1. The number of carbonyl (C=O) groups excluding carboxylic acids is 2. The number of nitro benzene ring substituents is 1. The van der Waals surface area contributed by atoms with Crippen LogP contribution in [0.25, 0.3) is 11.1 Å². The van der Waals surface area contributed by atoms with Gasteiger partial charge in [-0.25, -0.2) is 4.79 Å². The number of fused-ring (bicyclic) bond motifs is 1. The van der Waals surface area contributed by atoms with Crippen LogP contribution in [0.3, 0.4) is 0 Å². The third kappa shape index (κ3) is 4.69. The van der Waals surface area contributed by atoms with Crippen molar-refractivity contribution in [2.24, 2.45) is 0 Å². The van der Waals surface area contributed by atoms with Crippen molar-refractivity contribution in [2.75, 3.05) is 11.9 Å². The van der Waals surface area contributed by atoms with Crippen molar-refractivity contribution < 1.29 is 18.9 Å². The standard InChI is InChI=1S/C18H15BrN4O6/c1-10-6-11(19)2-4-13(10)21-16(24)8-20-17(25)9-22-14-5-3-12(23(27)28)7-15(14)29-18(22)26/h2-7H,8-9H2,1H3,(H,20,25)(H,21,24). The maximum absolute atomic E-state index is 12.1. The zero-order valence-corrected chi connectivity index (χ0v) is 16.7. The van der Waals surface area contributed by atoms with Crippen molar-refractivity contribution in [1.82, 2.24) is 9.88 Å². The lowest BCUT2D eigenvalue weighted by Gasteiger charge is -2.10. The van der Waals surface area contributed by atoms with Gasteiger partial charge < -0.3 is 15.1 Å². The summed E-state index contributed by atoms with van der Waals surface area (Å²) >= 11 is 3.34. The number of carbonyl (C=O) groups is 2. The summed E-state index contributed by atoms with van der Waals surface area (Å²) in [7, 11) is 0. The van der Waals surface area contributed by atoms with E-state index in [-0.39, 0.29) is 23.3 Å². The largest absolute Gasteiger partial charge is 0.420 e. The highest BCUT2D eigenvalue weighted by atomic mass is 79.9. The van der Waals surface area contributed by atoms with E-state index in [0.717, 1.165) is 20.7 Å². The Morgan fingerprint density at radius 2 is 1.97 bits per heavy atom. The third-order valence-electron chi connectivity index (χ3n) is 4.07. The molecule has 1 heterocycles. The van der Waals surface area contributed by atoms with E-state index in [9.17, 15) is 24.5 Å². The van der Waals surface area contributed by atoms with Crippen molar-refractivity contribution in [3.8, 4) is 0 Å². The predicted molar refractivity (Wildman–Crippen MR) is 108 cm³/mol. The summed E-state index contributed by atoms with van der Waals surface area (Å²) in [6.07, 6.45) is 0. The third-order valence-corrected chi connectivity index (χ3v) is 4.57. The maximum atomic E-state index is 12.1. The van der Waals surface area contributed by atoms with Gasteiger partial charge in [0.05, 0.1) is 23.1 Å². The zero-order valence-electron chi connectivity index (χ0n) is 15.1. The van der Waals surface area contributed by atoms with Crippen LogP contribution in [0, 0.1) is 17.0 Å². The van der Waals surface area contributed by atoms with E-state index in [4.69, 9.17) is 4.42 Å². The second kappa shape index (κ2) is 8.27. The summed E-state index contributed by atoms with van der Waals surface area (Å²) in [5.74, 6) is -1.84. The van der Waals surface area contributed by atoms with Crippen LogP contribution in [0.5, 0.6) is 0 Å². The van der Waals surface area contributed by atoms with Gasteiger partial charge in [0.1, 0.15) is 6.54 Å². The van der Waals surface area contributed by atoms with Gasteiger partial charge in [0.25, 0.3) is 5.69 Å². The highest BCUT2D eigenvalue weighted by Gasteiger charge is 2.16. The van der Waals surface area contributed by atoms with Gasteiger partial charge in [-0.2, -0.15) is 0 Å². The van der Waals surface area contributed by atoms with Crippen LogP contribution in [0.4, 0.5) is 11.4 Å². The molecule has 0 saturated carbocycles. The lowest BCUT2D eigenvalue weighted by molar-refractivity contribution is -0.384. The molecule has 0 unspecified atom stereocenters. The number of oxazole rings is 1. The van der Waals surface area contributed by atoms with E-state index in [1.165, 1.54) is 12.1 Å². The molecule has 0 fully saturated rings. The molecule has 0 spiro atoms. The Labute approximate surface area is 171 Å². The van der Waals surface area contributed by atoms with Gasteiger partial charge in [0.2, 0.25) is 11.8 Å². The van der Waals surface area contributed by atoms with Crippen molar-refractivity contribution >= 4 is 50.2 Å². The van der Waals surface area contributed by atoms with E-state index in [2.05, 4.69) is 26.6 Å². The molecule has 0 saturated heterocycles. The average Bonchev–Trinajstić information content (AvgIpc) is 2.97. The Balaban J connectivity index is 1.63. The van der Waals surface area contributed by atoms with Crippen molar-refractivity contribution in [2.45, 2.75) is 13.5 Å². The molecule has 3 rings (SSSR count). The smallest absolute Gasteiger partial charge is 0.407 e. The van der Waals surface area contributed by atoms with Gasteiger partial charge in [-0.3, -0.25) is 24.3 Å².